The molecule has 1 aliphatic rings. The Bertz CT molecular complexity index is 758. The van der Waals surface area contributed by atoms with Crippen LogP contribution in [0, 0.1) is 11.3 Å². The normalized spacial score (nSPS) is 15.0. The Morgan fingerprint density at radius 2 is 1.31 bits per heavy atom. The van der Waals surface area contributed by atoms with E-state index >= 15 is 0 Å². The maximum Gasteiger partial charge on any atom is 0.323 e. The van der Waals surface area contributed by atoms with Gasteiger partial charge in [-0.05, 0) is 31.9 Å². The molecule has 0 aromatic heterocycles. The lowest BCUT2D eigenvalue weighted by Gasteiger charge is -2.49. The van der Waals surface area contributed by atoms with Crippen LogP contribution >= 0.6 is 0 Å². The van der Waals surface area contributed by atoms with E-state index in [0.717, 1.165) is 0 Å². The third kappa shape index (κ3) is 4.20. The van der Waals surface area contributed by atoms with Crippen LogP contribution in [-0.4, -0.2) is 43.1 Å². The summed E-state index contributed by atoms with van der Waals surface area (Å²) in [6.07, 6.45) is 0. The highest BCUT2D eigenvalue weighted by atomic mass is 16.6. The van der Waals surface area contributed by atoms with Crippen LogP contribution < -0.4 is 0 Å². The molecule has 1 aliphatic heterocycles. The smallest absolute Gasteiger partial charge is 0.323 e. The topological polar surface area (TPSA) is 55.8 Å². The molecule has 1 heterocycles. The summed E-state index contributed by atoms with van der Waals surface area (Å²) in [5.74, 6) is -1.16. The Labute approximate surface area is 172 Å². The van der Waals surface area contributed by atoms with E-state index in [2.05, 4.69) is 29.2 Å². The molecule has 3 rings (SSSR count). The third-order valence-corrected chi connectivity index (χ3v) is 5.72. The fourth-order valence-electron chi connectivity index (χ4n) is 3.95. The zero-order valence-corrected chi connectivity index (χ0v) is 17.3. The molecular weight excluding hydrogens is 366 g/mol. The number of carbonyl (C=O) groups is 2. The molecular formula is C24H29NO4. The number of carbonyl (C=O) groups excluding carboxylic acids is 2. The molecule has 2 aromatic carbocycles. The Balaban J connectivity index is 1.85. The largest absolute Gasteiger partial charge is 0.465 e. The number of esters is 2. The summed E-state index contributed by atoms with van der Waals surface area (Å²) >= 11 is 0. The maximum atomic E-state index is 12.7. The van der Waals surface area contributed by atoms with Crippen LogP contribution in [0.3, 0.4) is 0 Å². The van der Waals surface area contributed by atoms with Gasteiger partial charge in [-0.3, -0.25) is 14.5 Å². The van der Waals surface area contributed by atoms with E-state index in [0.29, 0.717) is 13.1 Å². The molecule has 0 amide bonds. The van der Waals surface area contributed by atoms with Crippen LogP contribution in [0.5, 0.6) is 0 Å². The lowest BCUT2D eigenvalue weighted by molar-refractivity contribution is -0.181. The average molecular weight is 395 g/mol. The molecule has 5 nitrogen and oxygen atoms in total. The molecule has 0 atom stereocenters. The molecule has 0 aliphatic carbocycles. The van der Waals surface area contributed by atoms with Crippen molar-refractivity contribution in [1.82, 2.24) is 4.90 Å². The number of benzene rings is 2. The lowest BCUT2D eigenvalue weighted by atomic mass is 9.71. The fraction of sp³-hybridized carbons (Fsp3) is 0.417. The van der Waals surface area contributed by atoms with Crippen LogP contribution in [0.1, 0.15) is 37.9 Å². The molecule has 0 spiro atoms. The third-order valence-electron chi connectivity index (χ3n) is 5.72. The van der Waals surface area contributed by atoms with Crippen molar-refractivity contribution in [3.05, 3.63) is 71.8 Å². The molecule has 0 bridgehead atoms. The summed E-state index contributed by atoms with van der Waals surface area (Å²) < 4.78 is 10.5. The fourth-order valence-corrected chi connectivity index (χ4v) is 3.95. The van der Waals surface area contributed by atoms with E-state index in [4.69, 9.17) is 9.47 Å². The number of hydrogen-bond acceptors (Lipinski definition) is 5. The minimum atomic E-state index is -1.29. The van der Waals surface area contributed by atoms with Gasteiger partial charge in [0.15, 0.2) is 5.41 Å². The van der Waals surface area contributed by atoms with Gasteiger partial charge in [-0.2, -0.15) is 0 Å². The standard InChI is InChI=1S/C24H29NO4/c1-4-28-22(26)24(3,23(27)29-5-2)20-16-25(17-20)21(18-12-8-6-9-13-18)19-14-10-7-11-15-19/h6-15,20-21H,4-5,16-17H2,1-3H3. The van der Waals surface area contributed by atoms with Gasteiger partial charge >= 0.3 is 11.9 Å². The van der Waals surface area contributed by atoms with E-state index in [9.17, 15) is 9.59 Å². The van der Waals surface area contributed by atoms with Crippen LogP contribution in [-0.2, 0) is 19.1 Å². The molecule has 0 saturated carbocycles. The van der Waals surface area contributed by atoms with Crippen molar-refractivity contribution in [2.75, 3.05) is 26.3 Å². The zero-order chi connectivity index (χ0) is 20.9. The van der Waals surface area contributed by atoms with E-state index in [1.165, 1.54) is 11.1 Å². The van der Waals surface area contributed by atoms with Gasteiger partial charge in [-0.15, -0.1) is 0 Å². The summed E-state index contributed by atoms with van der Waals surface area (Å²) in [5, 5.41) is 0. The Kier molecular flexibility index (Phi) is 6.70. The second kappa shape index (κ2) is 9.23. The van der Waals surface area contributed by atoms with E-state index in [1.54, 1.807) is 20.8 Å². The highest BCUT2D eigenvalue weighted by molar-refractivity contribution is 6.00. The van der Waals surface area contributed by atoms with Crippen LogP contribution in [0.25, 0.3) is 0 Å². The summed E-state index contributed by atoms with van der Waals surface area (Å²) in [5.41, 5.74) is 1.08. The van der Waals surface area contributed by atoms with Crippen molar-refractivity contribution in [3.63, 3.8) is 0 Å². The number of ether oxygens (including phenoxy) is 2. The van der Waals surface area contributed by atoms with Gasteiger partial charge in [-0.1, -0.05) is 60.7 Å². The van der Waals surface area contributed by atoms with Gasteiger partial charge in [0.25, 0.3) is 0 Å². The maximum absolute atomic E-state index is 12.7. The lowest BCUT2D eigenvalue weighted by Crippen LogP contribution is -2.60. The van der Waals surface area contributed by atoms with Gasteiger partial charge in [-0.25, -0.2) is 0 Å². The average Bonchev–Trinajstić information content (AvgIpc) is 2.71. The number of rotatable bonds is 8. The van der Waals surface area contributed by atoms with Crippen molar-refractivity contribution in [3.8, 4) is 0 Å². The Hall–Kier alpha value is -2.66. The zero-order valence-electron chi connectivity index (χ0n) is 17.3. The SMILES string of the molecule is CCOC(=O)C(C)(C(=O)OCC)C1CN(C(c2ccccc2)c2ccccc2)C1. The first kappa shape index (κ1) is 21.1. The second-order valence-corrected chi connectivity index (χ2v) is 7.52. The first-order chi connectivity index (χ1) is 14.0. The highest BCUT2D eigenvalue weighted by Gasteiger charge is 2.55. The first-order valence-corrected chi connectivity index (χ1v) is 10.2. The summed E-state index contributed by atoms with van der Waals surface area (Å²) in [6, 6.07) is 20.7. The minimum absolute atomic E-state index is 0.0716. The molecule has 0 radical (unpaired) electrons. The van der Waals surface area contributed by atoms with Crippen LogP contribution in [0.15, 0.2) is 60.7 Å². The molecule has 2 aromatic rings. The Morgan fingerprint density at radius 1 is 0.897 bits per heavy atom. The predicted molar refractivity (Wildman–Crippen MR) is 111 cm³/mol. The first-order valence-electron chi connectivity index (χ1n) is 10.2. The molecule has 1 saturated heterocycles. The van der Waals surface area contributed by atoms with Gasteiger partial charge < -0.3 is 9.47 Å². The van der Waals surface area contributed by atoms with Gasteiger partial charge in [0, 0.05) is 19.0 Å². The highest BCUT2D eigenvalue weighted by Crippen LogP contribution is 2.42. The number of hydrogen-bond donors (Lipinski definition) is 0. The van der Waals surface area contributed by atoms with Gasteiger partial charge in [0.05, 0.1) is 19.3 Å². The monoisotopic (exact) mass is 395 g/mol. The van der Waals surface area contributed by atoms with Crippen molar-refractivity contribution >= 4 is 11.9 Å². The van der Waals surface area contributed by atoms with E-state index in [-0.39, 0.29) is 25.2 Å². The molecule has 0 N–H and O–H groups in total. The second-order valence-electron chi connectivity index (χ2n) is 7.52. The van der Waals surface area contributed by atoms with Crippen molar-refractivity contribution < 1.29 is 19.1 Å². The van der Waals surface area contributed by atoms with Crippen LogP contribution in [0.2, 0.25) is 0 Å². The van der Waals surface area contributed by atoms with E-state index in [1.807, 2.05) is 36.4 Å². The predicted octanol–water partition coefficient (Wildman–Crippen LogP) is 3.84. The summed E-state index contributed by atoms with van der Waals surface area (Å²) in [6.45, 7) is 6.85. The van der Waals surface area contributed by atoms with E-state index < -0.39 is 17.4 Å². The molecule has 154 valence electrons. The molecule has 5 heteroatoms. The minimum Gasteiger partial charge on any atom is -0.465 e. The molecule has 29 heavy (non-hydrogen) atoms. The summed E-state index contributed by atoms with van der Waals surface area (Å²) in [7, 11) is 0. The number of likely N-dealkylation sites (tertiary alicyclic amines) is 1. The Morgan fingerprint density at radius 3 is 1.69 bits per heavy atom. The molecule has 1 fully saturated rings. The van der Waals surface area contributed by atoms with Crippen molar-refractivity contribution in [2.45, 2.75) is 26.8 Å². The van der Waals surface area contributed by atoms with Crippen molar-refractivity contribution in [2.24, 2.45) is 11.3 Å². The number of nitrogens with zero attached hydrogens (tertiary/aromatic N) is 1. The van der Waals surface area contributed by atoms with Gasteiger partial charge in [0.2, 0.25) is 0 Å². The summed E-state index contributed by atoms with van der Waals surface area (Å²) in [4.78, 5) is 27.7. The van der Waals surface area contributed by atoms with Crippen molar-refractivity contribution in [1.29, 1.82) is 0 Å². The van der Waals surface area contributed by atoms with Gasteiger partial charge in [0.1, 0.15) is 0 Å². The molecule has 0 unspecified atom stereocenters. The van der Waals surface area contributed by atoms with Crippen LogP contribution in [0.4, 0.5) is 0 Å². The quantitative estimate of drug-likeness (QED) is 0.502.